The van der Waals surface area contributed by atoms with Crippen LogP contribution in [0.2, 0.25) is 0 Å². The number of nitrogens with two attached hydrogens (primary N) is 1. The smallest absolute Gasteiger partial charge is 1.00 e. The van der Waals surface area contributed by atoms with Gasteiger partial charge in [0.1, 0.15) is 0 Å². The molecule has 0 aromatic heterocycles. The van der Waals surface area contributed by atoms with E-state index in [0.29, 0.717) is 6.42 Å². The van der Waals surface area contributed by atoms with Gasteiger partial charge < -0.3 is 7.16 Å². The van der Waals surface area contributed by atoms with Crippen molar-refractivity contribution in [2.24, 2.45) is 5.73 Å². The second-order valence-corrected chi connectivity index (χ2v) is 3.70. The van der Waals surface area contributed by atoms with Crippen LogP contribution in [0.5, 0.6) is 0 Å². The largest absolute Gasteiger partial charge is 1.00 e. The molecule has 0 aliphatic rings. The fourth-order valence-electron chi connectivity index (χ4n) is 0.387. The Morgan fingerprint density at radius 1 is 1.62 bits per heavy atom. The molecule has 0 bridgehead atoms. The first-order valence-corrected chi connectivity index (χ1v) is 4.70. The first-order valence-electron chi connectivity index (χ1n) is 3.30. The normalized spacial score (nSPS) is 10.2. The minimum atomic E-state index is -3.99. The SMILES string of the molecule is C=C(C(N)=O)S(=O)(=O)OCCC.[H-].[Na+]. The Morgan fingerprint density at radius 3 is 2.38 bits per heavy atom. The average molecular weight is 217 g/mol. The summed E-state index contributed by atoms with van der Waals surface area (Å²) < 4.78 is 26.2. The van der Waals surface area contributed by atoms with Gasteiger partial charge in [-0.1, -0.05) is 13.5 Å². The van der Waals surface area contributed by atoms with E-state index in [4.69, 9.17) is 5.73 Å². The van der Waals surface area contributed by atoms with E-state index in [9.17, 15) is 13.2 Å². The molecule has 0 aliphatic carbocycles. The maximum atomic E-state index is 10.9. The molecule has 0 aliphatic heterocycles. The molecule has 13 heavy (non-hydrogen) atoms. The number of carbonyl (C=O) groups is 1. The molecule has 0 spiro atoms. The molecule has 0 atom stereocenters. The van der Waals surface area contributed by atoms with Crippen molar-refractivity contribution in [1.29, 1.82) is 0 Å². The summed E-state index contributed by atoms with van der Waals surface area (Å²) >= 11 is 0. The Hall–Kier alpha value is 0.120. The van der Waals surface area contributed by atoms with Gasteiger partial charge in [-0.2, -0.15) is 8.42 Å². The van der Waals surface area contributed by atoms with Crippen molar-refractivity contribution in [2.75, 3.05) is 6.61 Å². The fraction of sp³-hybridized carbons (Fsp3) is 0.500. The van der Waals surface area contributed by atoms with Gasteiger partial charge in [-0.25, -0.2) is 0 Å². The van der Waals surface area contributed by atoms with Crippen LogP contribution < -0.4 is 35.3 Å². The standard InChI is InChI=1S/C6H11NO4S.Na.H/c1-3-4-11-12(9,10)5(2)6(7)8;;/h2-4H2,1H3,(H2,7,8);;/q;+1;-1. The Bertz CT molecular complexity index is 290. The Kier molecular flexibility index (Phi) is 7.86. The molecule has 0 aromatic carbocycles. The predicted octanol–water partition coefficient (Wildman–Crippen LogP) is -3.14. The summed E-state index contributed by atoms with van der Waals surface area (Å²) in [6, 6.07) is 0. The van der Waals surface area contributed by atoms with E-state index in [1.165, 1.54) is 0 Å². The Labute approximate surface area is 101 Å². The summed E-state index contributed by atoms with van der Waals surface area (Å²) in [5, 5.41) is 0. The summed E-state index contributed by atoms with van der Waals surface area (Å²) in [5.74, 6) is -1.09. The van der Waals surface area contributed by atoms with E-state index in [1.54, 1.807) is 6.92 Å². The van der Waals surface area contributed by atoms with Gasteiger partial charge in [0.05, 0.1) is 6.61 Å². The van der Waals surface area contributed by atoms with Crippen LogP contribution in [-0.2, 0) is 19.1 Å². The van der Waals surface area contributed by atoms with Gasteiger partial charge in [-0.3, -0.25) is 8.98 Å². The first-order chi connectivity index (χ1) is 5.41. The molecule has 0 rings (SSSR count). The van der Waals surface area contributed by atoms with E-state index >= 15 is 0 Å². The second kappa shape index (κ2) is 6.56. The van der Waals surface area contributed by atoms with Crippen LogP contribution in [0.15, 0.2) is 11.5 Å². The van der Waals surface area contributed by atoms with Crippen molar-refractivity contribution in [3.05, 3.63) is 11.5 Å². The second-order valence-electron chi connectivity index (χ2n) is 2.06. The minimum Gasteiger partial charge on any atom is -1.00 e. The third kappa shape index (κ3) is 5.43. The van der Waals surface area contributed by atoms with E-state index in [0.717, 1.165) is 0 Å². The average Bonchev–Trinajstić information content (AvgIpc) is 1.99. The summed E-state index contributed by atoms with van der Waals surface area (Å²) in [7, 11) is -3.99. The number of amides is 1. The van der Waals surface area contributed by atoms with Gasteiger partial charge in [0.15, 0.2) is 4.91 Å². The predicted molar refractivity (Wildman–Crippen MR) is 44.6 cm³/mol. The van der Waals surface area contributed by atoms with Gasteiger partial charge in [0.25, 0.3) is 5.91 Å². The van der Waals surface area contributed by atoms with E-state index in [1.807, 2.05) is 0 Å². The van der Waals surface area contributed by atoms with Crippen molar-refractivity contribution in [2.45, 2.75) is 13.3 Å². The minimum absolute atomic E-state index is 0. The number of primary amides is 1. The monoisotopic (exact) mass is 217 g/mol. The molecule has 5 nitrogen and oxygen atoms in total. The molecule has 0 heterocycles. The van der Waals surface area contributed by atoms with Crippen molar-refractivity contribution >= 4 is 16.0 Å². The number of carbonyl (C=O) groups excluding carboxylic acids is 1. The third-order valence-electron chi connectivity index (χ3n) is 1.02. The first kappa shape index (κ1) is 15.6. The van der Waals surface area contributed by atoms with E-state index < -0.39 is 20.9 Å². The van der Waals surface area contributed by atoms with Crippen LogP contribution in [0.3, 0.4) is 0 Å². The molecule has 72 valence electrons. The molecule has 0 saturated heterocycles. The third-order valence-corrected chi connectivity index (χ3v) is 2.30. The molecule has 0 radical (unpaired) electrons. The summed E-state index contributed by atoms with van der Waals surface area (Å²) in [6.07, 6.45) is 0.533. The zero-order valence-electron chi connectivity index (χ0n) is 8.74. The Balaban J connectivity index is -0.000000605. The van der Waals surface area contributed by atoms with E-state index in [2.05, 4.69) is 10.8 Å². The molecule has 0 aromatic rings. The van der Waals surface area contributed by atoms with Crippen LogP contribution in [0.4, 0.5) is 0 Å². The van der Waals surface area contributed by atoms with Crippen molar-refractivity contribution in [3.63, 3.8) is 0 Å². The maximum absolute atomic E-state index is 10.9. The van der Waals surface area contributed by atoms with Crippen molar-refractivity contribution < 1.29 is 48.4 Å². The van der Waals surface area contributed by atoms with Gasteiger partial charge >= 0.3 is 39.7 Å². The van der Waals surface area contributed by atoms with Gasteiger partial charge in [-0.05, 0) is 6.42 Å². The molecular weight excluding hydrogens is 205 g/mol. The molecule has 1 amide bonds. The molecule has 7 heteroatoms. The van der Waals surface area contributed by atoms with Gasteiger partial charge in [0.2, 0.25) is 0 Å². The zero-order valence-corrected chi connectivity index (χ0v) is 10.6. The quantitative estimate of drug-likeness (QED) is 0.299. The van der Waals surface area contributed by atoms with Crippen LogP contribution in [0, 0.1) is 0 Å². The summed E-state index contributed by atoms with van der Waals surface area (Å²) in [4.78, 5) is 9.66. The van der Waals surface area contributed by atoms with Gasteiger partial charge in [-0.15, -0.1) is 0 Å². The summed E-state index contributed by atoms with van der Waals surface area (Å²) in [6.45, 7) is 4.75. The molecule has 0 saturated carbocycles. The van der Waals surface area contributed by atoms with Crippen molar-refractivity contribution in [1.82, 2.24) is 0 Å². The summed E-state index contributed by atoms with van der Waals surface area (Å²) in [5.41, 5.74) is 4.70. The van der Waals surface area contributed by atoms with Crippen LogP contribution in [-0.4, -0.2) is 20.9 Å². The fourth-order valence-corrected chi connectivity index (χ4v) is 1.16. The molecular formula is C6H12NNaO4S. The van der Waals surface area contributed by atoms with Gasteiger partial charge in [0, 0.05) is 0 Å². The van der Waals surface area contributed by atoms with Crippen LogP contribution >= 0.6 is 0 Å². The molecule has 0 fully saturated rings. The van der Waals surface area contributed by atoms with Crippen LogP contribution in [0.25, 0.3) is 0 Å². The number of hydrogen-bond acceptors (Lipinski definition) is 4. The van der Waals surface area contributed by atoms with Crippen LogP contribution in [0.1, 0.15) is 14.8 Å². The number of hydrogen-bond donors (Lipinski definition) is 1. The molecule has 2 N–H and O–H groups in total. The van der Waals surface area contributed by atoms with Crippen molar-refractivity contribution in [3.8, 4) is 0 Å². The number of rotatable bonds is 5. The van der Waals surface area contributed by atoms with E-state index in [-0.39, 0.29) is 37.6 Å². The zero-order chi connectivity index (χ0) is 9.78. The topological polar surface area (TPSA) is 86.5 Å². The Morgan fingerprint density at radius 2 is 2.08 bits per heavy atom. The molecule has 0 unspecified atom stereocenters. The maximum Gasteiger partial charge on any atom is 1.00 e.